The zero-order valence-electron chi connectivity index (χ0n) is 36.0. The Hall–Kier alpha value is -5.00. The highest BCUT2D eigenvalue weighted by Gasteiger charge is 2.76. The van der Waals surface area contributed by atoms with Gasteiger partial charge in [-0.1, -0.05) is 109 Å². The molecule has 4 saturated carbocycles. The van der Waals surface area contributed by atoms with Crippen LogP contribution in [0, 0.1) is 23.2 Å². The normalized spacial score (nSPS) is 21.7. The van der Waals surface area contributed by atoms with Gasteiger partial charge in [-0.15, -0.1) is 0 Å². The van der Waals surface area contributed by atoms with Crippen LogP contribution in [0.5, 0.6) is 0 Å². The molecule has 4 fully saturated rings. The highest BCUT2D eigenvalue weighted by molar-refractivity contribution is 8.04. The van der Waals surface area contributed by atoms with E-state index in [0.717, 1.165) is 6.42 Å². The maximum atomic E-state index is 13.3. The van der Waals surface area contributed by atoms with E-state index in [1.165, 1.54) is 50.3 Å². The van der Waals surface area contributed by atoms with Crippen molar-refractivity contribution in [2.45, 2.75) is 95.6 Å². The summed E-state index contributed by atoms with van der Waals surface area (Å²) in [6, 6.07) is 57.1. The number of alkyl halides is 6. The van der Waals surface area contributed by atoms with E-state index in [1.54, 1.807) is 0 Å². The van der Waals surface area contributed by atoms with Crippen LogP contribution in [-0.4, -0.2) is 48.4 Å². The minimum Gasteiger partial charge on any atom is -0.748 e. The molecule has 68 heavy (non-hydrogen) atoms. The highest BCUT2D eigenvalue weighted by atomic mass is 32.2. The first-order valence-corrected chi connectivity index (χ1v) is 26.7. The molecule has 352 valence electrons. The molecule has 6 aliphatic rings. The number of hydrogen-bond donors (Lipinski definition) is 0. The van der Waals surface area contributed by atoms with Gasteiger partial charge in [0.25, 0.3) is 0 Å². The third kappa shape index (κ3) is 9.38. The van der Waals surface area contributed by atoms with Crippen molar-refractivity contribution >= 4 is 55.4 Å². The number of ketones is 1. The van der Waals surface area contributed by atoms with E-state index in [2.05, 4.69) is 162 Å². The zero-order valence-corrected chi connectivity index (χ0v) is 39.3. The molecule has 0 aromatic heterocycles. The van der Waals surface area contributed by atoms with Crippen LogP contribution >= 0.6 is 11.8 Å². The van der Waals surface area contributed by atoms with Gasteiger partial charge in [0.2, 0.25) is 0 Å². The second kappa shape index (κ2) is 18.7. The van der Waals surface area contributed by atoms with Crippen molar-refractivity contribution in [1.82, 2.24) is 0 Å². The summed E-state index contributed by atoms with van der Waals surface area (Å²) in [5, 5.41) is 0. The van der Waals surface area contributed by atoms with Crippen molar-refractivity contribution in [2.24, 2.45) is 23.2 Å². The average Bonchev–Trinajstić information content (AvgIpc) is 3.31. The lowest BCUT2D eigenvalue weighted by atomic mass is 9.49. The maximum absolute atomic E-state index is 13.3. The van der Waals surface area contributed by atoms with E-state index in [1.807, 2.05) is 11.8 Å². The highest BCUT2D eigenvalue weighted by Crippen LogP contribution is 2.60. The molecule has 4 bridgehead atoms. The summed E-state index contributed by atoms with van der Waals surface area (Å²) in [6.45, 7) is 0. The Kier molecular flexibility index (Phi) is 13.2. The van der Waals surface area contributed by atoms with Crippen LogP contribution < -0.4 is 0 Å². The molecule has 6 nitrogen and oxygen atoms in total. The van der Waals surface area contributed by atoms with Crippen molar-refractivity contribution < 1.29 is 53.6 Å². The maximum Gasteiger partial charge on any atom is 0.438 e. The van der Waals surface area contributed by atoms with Gasteiger partial charge >= 0.3 is 23.9 Å². The molecule has 0 amide bonds. The van der Waals surface area contributed by atoms with Gasteiger partial charge in [0.05, 0.1) is 42.0 Å². The fraction of sp³-hybridized carbons (Fsp3) is 0.269. The second-order valence-corrected chi connectivity index (χ2v) is 24.0. The summed E-state index contributed by atoms with van der Waals surface area (Å²) in [5.41, 5.74) is -4.25. The monoisotopic (exact) mass is 1010 g/mol. The van der Waals surface area contributed by atoms with Crippen molar-refractivity contribution in [1.29, 1.82) is 0 Å². The average molecular weight is 1010 g/mol. The Morgan fingerprint density at radius 1 is 0.603 bits per heavy atom. The molecule has 6 aromatic carbocycles. The molecule has 16 heteroatoms. The minimum absolute atomic E-state index is 0.0212. The van der Waals surface area contributed by atoms with Crippen molar-refractivity contribution in [3.63, 3.8) is 0 Å². The number of hydrogen-bond acceptors (Lipinski definition) is 7. The largest absolute Gasteiger partial charge is 0.748 e. The number of fused-ring (bicyclic) bond motifs is 4. The van der Waals surface area contributed by atoms with Crippen LogP contribution in [0.2, 0.25) is 0 Å². The van der Waals surface area contributed by atoms with Crippen LogP contribution in [0.3, 0.4) is 0 Å². The third-order valence-corrected chi connectivity index (χ3v) is 20.0. The number of carbonyl (C=O) groups excluding carboxylic acids is 2. The van der Waals surface area contributed by atoms with E-state index in [4.69, 9.17) is 0 Å². The fourth-order valence-electron chi connectivity index (χ4n) is 10.3. The zero-order chi connectivity index (χ0) is 48.1. The van der Waals surface area contributed by atoms with Gasteiger partial charge < -0.3 is 9.29 Å². The van der Waals surface area contributed by atoms with Gasteiger partial charge in [-0.3, -0.25) is 9.59 Å². The van der Waals surface area contributed by atoms with E-state index in [0.29, 0.717) is 12.8 Å². The Morgan fingerprint density at radius 3 is 1.44 bits per heavy atom. The lowest BCUT2D eigenvalue weighted by molar-refractivity contribution is -0.364. The number of rotatable bonds is 6. The molecular weight excluding hydrogens is 963 g/mol. The molecule has 2 heterocycles. The van der Waals surface area contributed by atoms with Gasteiger partial charge in [0, 0.05) is 29.4 Å². The molecule has 2 aliphatic heterocycles. The summed E-state index contributed by atoms with van der Waals surface area (Å²) < 4.78 is 116. The Labute approximate surface area is 400 Å². The van der Waals surface area contributed by atoms with Crippen LogP contribution in [0.15, 0.2) is 197 Å². The predicted octanol–water partition coefficient (Wildman–Crippen LogP) is 12.3. The molecule has 0 spiro atoms. The van der Waals surface area contributed by atoms with Gasteiger partial charge in [-0.05, 0) is 98.7 Å². The fourth-order valence-corrected chi connectivity index (χ4v) is 17.3. The molecule has 0 radical (unpaired) electrons. The molecular formula is C52H43F6O6S4+. The quantitative estimate of drug-likeness (QED) is 0.0708. The number of esters is 1. The van der Waals surface area contributed by atoms with Crippen molar-refractivity contribution in [2.75, 3.05) is 5.75 Å². The molecule has 0 saturated heterocycles. The van der Waals surface area contributed by atoms with Crippen molar-refractivity contribution in [3.05, 3.63) is 169 Å². The predicted molar refractivity (Wildman–Crippen MR) is 246 cm³/mol. The van der Waals surface area contributed by atoms with Gasteiger partial charge in [0.1, 0.15) is 16.7 Å². The summed E-state index contributed by atoms with van der Waals surface area (Å²) in [6.07, 6.45) is -11.4. The summed E-state index contributed by atoms with van der Waals surface area (Å²) in [4.78, 5) is 36.1. The van der Waals surface area contributed by atoms with Crippen LogP contribution in [0.25, 0.3) is 0 Å². The molecule has 2 unspecified atom stereocenters. The summed E-state index contributed by atoms with van der Waals surface area (Å²) >= 11 is 1.89. The van der Waals surface area contributed by atoms with E-state index in [-0.39, 0.29) is 52.8 Å². The number of halogens is 6. The third-order valence-electron chi connectivity index (χ3n) is 13.1. The lowest BCUT2D eigenvalue weighted by Gasteiger charge is -2.54. The topological polar surface area (TPSA) is 101 Å². The SMILES string of the molecule is O=C1C2CC3CC1CC(C(=O)OC(CS(=O)(=O)[O-])(C(F)(F)F)C(F)(F)F)(C3)C2.c1ccc([S+]2c3ccccc3Cc3ccccc32)cc1.c1ccc([S+]2c3ccccc3Sc3ccccc32)cc1. The Balaban J connectivity index is 0.000000130. The first-order valence-electron chi connectivity index (χ1n) is 21.8. The smallest absolute Gasteiger partial charge is 0.438 e. The Bertz CT molecular complexity index is 2690. The van der Waals surface area contributed by atoms with Crippen LogP contribution in [-0.2, 0) is 52.7 Å². The molecule has 12 rings (SSSR count). The van der Waals surface area contributed by atoms with Crippen LogP contribution in [0.1, 0.15) is 43.2 Å². The first-order chi connectivity index (χ1) is 32.4. The van der Waals surface area contributed by atoms with Crippen LogP contribution in [0.4, 0.5) is 26.3 Å². The number of carbonyl (C=O) groups is 2. The summed E-state index contributed by atoms with van der Waals surface area (Å²) in [5.74, 6) is -6.54. The van der Waals surface area contributed by atoms with E-state index < -0.39 is 57.0 Å². The second-order valence-electron chi connectivity index (χ2n) is 17.6. The van der Waals surface area contributed by atoms with Gasteiger partial charge in [-0.2, -0.15) is 26.3 Å². The minimum atomic E-state index is -6.39. The Morgan fingerprint density at radius 2 is 1.00 bits per heavy atom. The van der Waals surface area contributed by atoms with E-state index in [9.17, 15) is 48.9 Å². The number of benzene rings is 6. The molecule has 0 N–H and O–H groups in total. The lowest BCUT2D eigenvalue weighted by Crippen LogP contribution is -2.65. The number of Topliss-reactive ketones (excluding diaryl/α,β-unsaturated/α-hetero) is 1. The van der Waals surface area contributed by atoms with Crippen molar-refractivity contribution in [3.8, 4) is 0 Å². The van der Waals surface area contributed by atoms with E-state index >= 15 is 0 Å². The molecule has 4 aliphatic carbocycles. The first kappa shape index (κ1) is 48.0. The number of ether oxygens (including phenoxy) is 1. The van der Waals surface area contributed by atoms with Gasteiger partial charge in [0.15, 0.2) is 29.4 Å². The standard InChI is InChI=1S/C19H15S.C18H13S2.C15H16F6O6S/c1-2-10-17(11-3-1)20-18-12-6-4-8-15(18)14-16-9-5-7-13-19(16)20;1-2-8-14(9-3-1)20-17-12-6-4-10-15(17)19-16-11-5-7-13-18(16)20;16-14(17,18)13(15(19,20)21,6-28(24,25)26)27-11(23)12-3-7-1-8(4-12)10(22)9(2-7)5-12/h1-13H,14H2;1-13H;7-9H,1-6H2,(H,24,25,26)/q2*+1;/p-1. The molecule has 2 atom stereocenters. The van der Waals surface area contributed by atoms with Gasteiger partial charge in [-0.25, -0.2) is 8.42 Å². The molecule has 6 aromatic rings. The summed E-state index contributed by atoms with van der Waals surface area (Å²) in [7, 11) is -6.02.